The van der Waals surface area contributed by atoms with Gasteiger partial charge in [-0.1, -0.05) is 18.2 Å². The maximum atomic E-state index is 10.8. The van der Waals surface area contributed by atoms with Gasteiger partial charge in [-0.15, -0.1) is 0 Å². The van der Waals surface area contributed by atoms with Crippen molar-refractivity contribution in [3.05, 3.63) is 47.0 Å². The Morgan fingerprint density at radius 3 is 2.17 bits per heavy atom. The third-order valence-electron chi connectivity index (χ3n) is 3.31. The SMILES string of the molecule is O=C(O)C1=CCC(c2ccc(C(=O)O)cc2)CC1. The Morgan fingerprint density at radius 2 is 1.72 bits per heavy atom. The summed E-state index contributed by atoms with van der Waals surface area (Å²) < 4.78 is 0. The number of allylic oxidation sites excluding steroid dienone is 1. The molecule has 0 heterocycles. The summed E-state index contributed by atoms with van der Waals surface area (Å²) in [6, 6.07) is 6.81. The van der Waals surface area contributed by atoms with E-state index in [0.717, 1.165) is 12.0 Å². The van der Waals surface area contributed by atoms with Crippen LogP contribution < -0.4 is 0 Å². The van der Waals surface area contributed by atoms with E-state index in [9.17, 15) is 9.59 Å². The minimum absolute atomic E-state index is 0.274. The predicted molar refractivity (Wildman–Crippen MR) is 65.7 cm³/mol. The first-order valence-electron chi connectivity index (χ1n) is 5.83. The molecule has 0 fully saturated rings. The van der Waals surface area contributed by atoms with Crippen LogP contribution in [0.3, 0.4) is 0 Å². The molecule has 0 amide bonds. The first kappa shape index (κ1) is 12.4. The molecule has 1 aromatic rings. The zero-order valence-electron chi connectivity index (χ0n) is 9.80. The van der Waals surface area contributed by atoms with Gasteiger partial charge in [0.1, 0.15) is 0 Å². The van der Waals surface area contributed by atoms with Crippen molar-refractivity contribution in [1.82, 2.24) is 0 Å². The van der Waals surface area contributed by atoms with Crippen molar-refractivity contribution < 1.29 is 19.8 Å². The Labute approximate surface area is 105 Å². The molecule has 4 heteroatoms. The zero-order chi connectivity index (χ0) is 13.1. The summed E-state index contributed by atoms with van der Waals surface area (Å²) in [5, 5.41) is 17.7. The summed E-state index contributed by atoms with van der Waals surface area (Å²) in [6.07, 6.45) is 3.83. The highest BCUT2D eigenvalue weighted by molar-refractivity contribution is 5.87. The lowest BCUT2D eigenvalue weighted by Crippen LogP contribution is -2.10. The number of carboxylic acid groups (broad SMARTS) is 2. The van der Waals surface area contributed by atoms with Gasteiger partial charge in [-0.2, -0.15) is 0 Å². The molecule has 94 valence electrons. The van der Waals surface area contributed by atoms with E-state index in [0.29, 0.717) is 18.4 Å². The van der Waals surface area contributed by atoms with Crippen molar-refractivity contribution in [1.29, 1.82) is 0 Å². The quantitative estimate of drug-likeness (QED) is 0.859. The Morgan fingerprint density at radius 1 is 1.06 bits per heavy atom. The summed E-state index contributed by atoms with van der Waals surface area (Å²) in [5.41, 5.74) is 1.82. The normalized spacial score (nSPS) is 19.1. The number of benzene rings is 1. The summed E-state index contributed by atoms with van der Waals surface area (Å²) in [6.45, 7) is 0. The molecule has 0 saturated carbocycles. The van der Waals surface area contributed by atoms with Crippen LogP contribution in [0.15, 0.2) is 35.9 Å². The molecule has 18 heavy (non-hydrogen) atoms. The Hall–Kier alpha value is -2.10. The molecule has 0 radical (unpaired) electrons. The van der Waals surface area contributed by atoms with E-state index < -0.39 is 11.9 Å². The average molecular weight is 246 g/mol. The number of rotatable bonds is 3. The minimum atomic E-state index is -0.932. The second-order valence-corrected chi connectivity index (χ2v) is 4.43. The van der Waals surface area contributed by atoms with Gasteiger partial charge in [0.25, 0.3) is 0 Å². The monoisotopic (exact) mass is 246 g/mol. The summed E-state index contributed by atoms with van der Waals surface area (Å²) >= 11 is 0. The highest BCUT2D eigenvalue weighted by Crippen LogP contribution is 2.32. The fraction of sp³-hybridized carbons (Fsp3) is 0.286. The van der Waals surface area contributed by atoms with Crippen LogP contribution in [0.4, 0.5) is 0 Å². The van der Waals surface area contributed by atoms with E-state index in [1.54, 1.807) is 18.2 Å². The second kappa shape index (κ2) is 5.04. The van der Waals surface area contributed by atoms with Crippen molar-refractivity contribution in [2.45, 2.75) is 25.2 Å². The van der Waals surface area contributed by atoms with Gasteiger partial charge in [0, 0.05) is 5.57 Å². The van der Waals surface area contributed by atoms with E-state index in [1.165, 1.54) is 0 Å². The van der Waals surface area contributed by atoms with Crippen molar-refractivity contribution in [2.75, 3.05) is 0 Å². The number of carboxylic acids is 2. The largest absolute Gasteiger partial charge is 0.478 e. The molecule has 0 bridgehead atoms. The van der Waals surface area contributed by atoms with Crippen molar-refractivity contribution >= 4 is 11.9 Å². The Kier molecular flexibility index (Phi) is 3.46. The zero-order valence-corrected chi connectivity index (χ0v) is 9.80. The van der Waals surface area contributed by atoms with Gasteiger partial charge in [-0.25, -0.2) is 9.59 Å². The van der Waals surface area contributed by atoms with E-state index in [1.807, 2.05) is 12.1 Å². The fourth-order valence-corrected chi connectivity index (χ4v) is 2.23. The van der Waals surface area contributed by atoms with Crippen molar-refractivity contribution in [3.8, 4) is 0 Å². The molecule has 4 nitrogen and oxygen atoms in total. The van der Waals surface area contributed by atoms with Crippen molar-refractivity contribution in [3.63, 3.8) is 0 Å². The molecule has 2 N–H and O–H groups in total. The van der Waals surface area contributed by atoms with Crippen molar-refractivity contribution in [2.24, 2.45) is 0 Å². The van der Waals surface area contributed by atoms with E-state index in [2.05, 4.69) is 0 Å². The number of hydrogen-bond donors (Lipinski definition) is 2. The Bertz CT molecular complexity index is 499. The predicted octanol–water partition coefficient (Wildman–Crippen LogP) is 2.66. The third kappa shape index (κ3) is 2.59. The molecular weight excluding hydrogens is 232 g/mol. The lowest BCUT2D eigenvalue weighted by molar-refractivity contribution is -0.132. The number of aliphatic carboxylic acids is 1. The topological polar surface area (TPSA) is 74.6 Å². The van der Waals surface area contributed by atoms with Gasteiger partial charge < -0.3 is 10.2 Å². The van der Waals surface area contributed by atoms with Crippen LogP contribution in [0, 0.1) is 0 Å². The van der Waals surface area contributed by atoms with Gasteiger partial charge in [0.15, 0.2) is 0 Å². The van der Waals surface area contributed by atoms with Gasteiger partial charge in [0.05, 0.1) is 5.56 Å². The minimum Gasteiger partial charge on any atom is -0.478 e. The van der Waals surface area contributed by atoms with Crippen LogP contribution in [-0.4, -0.2) is 22.2 Å². The van der Waals surface area contributed by atoms with Crippen LogP contribution in [0.25, 0.3) is 0 Å². The van der Waals surface area contributed by atoms with Crippen LogP contribution in [-0.2, 0) is 4.79 Å². The molecule has 1 aliphatic carbocycles. The maximum Gasteiger partial charge on any atom is 0.335 e. The van der Waals surface area contributed by atoms with Crippen LogP contribution in [0.5, 0.6) is 0 Å². The van der Waals surface area contributed by atoms with E-state index in [-0.39, 0.29) is 11.5 Å². The summed E-state index contributed by atoms with van der Waals surface area (Å²) in [4.78, 5) is 21.5. The van der Waals surface area contributed by atoms with Gasteiger partial charge in [0.2, 0.25) is 0 Å². The van der Waals surface area contributed by atoms with Crippen LogP contribution in [0.2, 0.25) is 0 Å². The van der Waals surface area contributed by atoms with Crippen LogP contribution >= 0.6 is 0 Å². The molecule has 0 aliphatic heterocycles. The maximum absolute atomic E-state index is 10.8. The first-order chi connectivity index (χ1) is 8.58. The number of hydrogen-bond acceptors (Lipinski definition) is 2. The highest BCUT2D eigenvalue weighted by Gasteiger charge is 2.19. The number of aromatic carboxylic acids is 1. The van der Waals surface area contributed by atoms with Gasteiger partial charge in [-0.05, 0) is 42.9 Å². The molecule has 2 rings (SSSR count). The smallest absolute Gasteiger partial charge is 0.335 e. The van der Waals surface area contributed by atoms with E-state index in [4.69, 9.17) is 10.2 Å². The van der Waals surface area contributed by atoms with E-state index >= 15 is 0 Å². The molecular formula is C14H14O4. The highest BCUT2D eigenvalue weighted by atomic mass is 16.4. The van der Waals surface area contributed by atoms with Gasteiger partial charge >= 0.3 is 11.9 Å². The summed E-state index contributed by atoms with van der Waals surface area (Å²) in [5.74, 6) is -1.48. The molecule has 1 unspecified atom stereocenters. The molecule has 0 saturated heterocycles. The van der Waals surface area contributed by atoms with Crippen LogP contribution in [0.1, 0.15) is 41.1 Å². The standard InChI is InChI=1S/C14H14O4/c15-13(16)11-5-1-9(2-6-11)10-3-7-12(8-4-10)14(17)18/h1-2,5-7,10H,3-4,8H2,(H,15,16)(H,17,18). The molecule has 0 aromatic heterocycles. The average Bonchev–Trinajstić information content (AvgIpc) is 2.39. The van der Waals surface area contributed by atoms with Gasteiger partial charge in [-0.3, -0.25) is 0 Å². The molecule has 1 aromatic carbocycles. The first-order valence-corrected chi connectivity index (χ1v) is 5.83. The lowest BCUT2D eigenvalue weighted by Gasteiger charge is -2.20. The Balaban J connectivity index is 2.10. The lowest BCUT2D eigenvalue weighted by atomic mass is 9.84. The number of carbonyl (C=O) groups is 2. The molecule has 1 aliphatic rings. The molecule has 0 spiro atoms. The summed E-state index contributed by atoms with van der Waals surface area (Å²) in [7, 11) is 0. The fourth-order valence-electron chi connectivity index (χ4n) is 2.23. The molecule has 1 atom stereocenters. The second-order valence-electron chi connectivity index (χ2n) is 4.43. The third-order valence-corrected chi connectivity index (χ3v) is 3.31.